The fourth-order valence-corrected chi connectivity index (χ4v) is 0.836. The first-order valence-electron chi connectivity index (χ1n) is 3.67. The van der Waals surface area contributed by atoms with Crippen LogP contribution in [-0.4, -0.2) is 28.3 Å². The molecule has 0 saturated carbocycles. The fourth-order valence-electron chi connectivity index (χ4n) is 0.836. The van der Waals surface area contributed by atoms with E-state index in [0.717, 1.165) is 0 Å². The number of aliphatic carboxylic acids is 1. The van der Waals surface area contributed by atoms with Crippen LogP contribution in [0.15, 0.2) is 0 Å². The Morgan fingerprint density at radius 2 is 2.09 bits per heavy atom. The maximum absolute atomic E-state index is 10.3. The minimum absolute atomic E-state index is 0.391. The summed E-state index contributed by atoms with van der Waals surface area (Å²) < 4.78 is 0. The smallest absolute Gasteiger partial charge is 0.320 e. The van der Waals surface area contributed by atoms with Gasteiger partial charge in [-0.25, -0.2) is 0 Å². The summed E-state index contributed by atoms with van der Waals surface area (Å²) in [6.07, 6.45) is -0.0941. The zero-order chi connectivity index (χ0) is 9.02. The molecule has 0 heterocycles. The summed E-state index contributed by atoms with van der Waals surface area (Å²) in [5.74, 6) is -1.46. The van der Waals surface area contributed by atoms with E-state index in [1.165, 1.54) is 0 Å². The second kappa shape index (κ2) is 4.31. The highest BCUT2D eigenvalue weighted by Crippen LogP contribution is 2.09. The van der Waals surface area contributed by atoms with Gasteiger partial charge < -0.3 is 15.9 Å². The van der Waals surface area contributed by atoms with Gasteiger partial charge in [0.25, 0.3) is 0 Å². The summed E-state index contributed by atoms with van der Waals surface area (Å²) in [5.41, 5.74) is 5.28. The van der Waals surface area contributed by atoms with Crippen LogP contribution in [0.4, 0.5) is 0 Å². The third kappa shape index (κ3) is 2.86. The molecule has 4 heteroatoms. The van der Waals surface area contributed by atoms with Crippen molar-refractivity contribution in [2.45, 2.75) is 32.4 Å². The summed E-state index contributed by atoms with van der Waals surface area (Å²) in [6, 6.07) is -0.968. The van der Waals surface area contributed by atoms with Crippen molar-refractivity contribution in [2.75, 3.05) is 0 Å². The SMILES string of the molecule is CC[C@@H](O)[C@H](C)[C@@H](N)C(=O)O. The van der Waals surface area contributed by atoms with Gasteiger partial charge in [-0.2, -0.15) is 0 Å². The van der Waals surface area contributed by atoms with Crippen molar-refractivity contribution < 1.29 is 15.0 Å². The Bertz CT molecular complexity index is 138. The van der Waals surface area contributed by atoms with Crippen molar-refractivity contribution in [2.24, 2.45) is 11.7 Å². The lowest BCUT2D eigenvalue weighted by Crippen LogP contribution is -2.41. The molecule has 0 rings (SSSR count). The number of aliphatic hydroxyl groups excluding tert-OH is 1. The Morgan fingerprint density at radius 1 is 1.64 bits per heavy atom. The molecule has 0 bridgehead atoms. The Morgan fingerprint density at radius 3 is 2.36 bits per heavy atom. The average molecular weight is 161 g/mol. The van der Waals surface area contributed by atoms with Gasteiger partial charge in [0, 0.05) is 5.92 Å². The maximum atomic E-state index is 10.3. The van der Waals surface area contributed by atoms with E-state index in [1.807, 2.05) is 0 Å². The van der Waals surface area contributed by atoms with Gasteiger partial charge in [0.1, 0.15) is 6.04 Å². The van der Waals surface area contributed by atoms with Crippen LogP contribution in [0.5, 0.6) is 0 Å². The van der Waals surface area contributed by atoms with E-state index in [1.54, 1.807) is 13.8 Å². The first-order chi connectivity index (χ1) is 5.00. The zero-order valence-electron chi connectivity index (χ0n) is 6.82. The van der Waals surface area contributed by atoms with Gasteiger partial charge in [0.05, 0.1) is 6.10 Å². The molecule has 66 valence electrons. The van der Waals surface area contributed by atoms with Crippen molar-refractivity contribution in [3.8, 4) is 0 Å². The highest BCUT2D eigenvalue weighted by Gasteiger charge is 2.24. The predicted octanol–water partition coefficient (Wildman–Crippen LogP) is -0.195. The molecule has 0 amide bonds. The third-order valence-corrected chi connectivity index (χ3v) is 1.88. The highest BCUT2D eigenvalue weighted by atomic mass is 16.4. The summed E-state index contributed by atoms with van der Waals surface area (Å²) in [6.45, 7) is 3.42. The van der Waals surface area contributed by atoms with Crippen molar-refractivity contribution in [1.29, 1.82) is 0 Å². The fraction of sp³-hybridized carbons (Fsp3) is 0.857. The molecule has 0 aliphatic heterocycles. The van der Waals surface area contributed by atoms with E-state index in [9.17, 15) is 9.90 Å². The van der Waals surface area contributed by atoms with Crippen molar-refractivity contribution >= 4 is 5.97 Å². The number of nitrogens with two attached hydrogens (primary N) is 1. The van der Waals surface area contributed by atoms with E-state index in [0.29, 0.717) is 6.42 Å². The molecule has 4 nitrogen and oxygen atoms in total. The molecule has 4 N–H and O–H groups in total. The highest BCUT2D eigenvalue weighted by molar-refractivity contribution is 5.73. The normalized spacial score (nSPS) is 18.9. The molecule has 0 spiro atoms. The van der Waals surface area contributed by atoms with Crippen LogP contribution in [0.2, 0.25) is 0 Å². The lowest BCUT2D eigenvalue weighted by Gasteiger charge is -2.20. The topological polar surface area (TPSA) is 83.5 Å². The monoisotopic (exact) mass is 161 g/mol. The molecule has 0 aromatic rings. The molecule has 0 fully saturated rings. The molecule has 0 aliphatic rings. The molecule has 0 unspecified atom stereocenters. The molecule has 0 saturated heterocycles. The number of carboxylic acids is 1. The summed E-state index contributed by atoms with van der Waals surface area (Å²) in [4.78, 5) is 10.3. The van der Waals surface area contributed by atoms with Gasteiger partial charge in [0.15, 0.2) is 0 Å². The van der Waals surface area contributed by atoms with Crippen LogP contribution < -0.4 is 5.73 Å². The van der Waals surface area contributed by atoms with Crippen LogP contribution in [0.25, 0.3) is 0 Å². The van der Waals surface area contributed by atoms with Gasteiger partial charge >= 0.3 is 5.97 Å². The van der Waals surface area contributed by atoms with Crippen LogP contribution in [0, 0.1) is 5.92 Å². The Hall–Kier alpha value is -0.610. The lowest BCUT2D eigenvalue weighted by atomic mass is 9.95. The second-order valence-electron chi connectivity index (χ2n) is 2.70. The minimum Gasteiger partial charge on any atom is -0.480 e. The van der Waals surface area contributed by atoms with Gasteiger partial charge in [-0.3, -0.25) is 4.79 Å². The van der Waals surface area contributed by atoms with E-state index >= 15 is 0 Å². The summed E-state index contributed by atoms with van der Waals surface area (Å²) in [7, 11) is 0. The second-order valence-corrected chi connectivity index (χ2v) is 2.70. The van der Waals surface area contributed by atoms with E-state index in [4.69, 9.17) is 10.8 Å². The molecule has 0 aliphatic carbocycles. The van der Waals surface area contributed by atoms with Crippen LogP contribution >= 0.6 is 0 Å². The Kier molecular flexibility index (Phi) is 4.07. The number of carboxylic acid groups (broad SMARTS) is 1. The molecular formula is C7H15NO3. The van der Waals surface area contributed by atoms with Gasteiger partial charge in [-0.15, -0.1) is 0 Å². The summed E-state index contributed by atoms with van der Waals surface area (Å²) >= 11 is 0. The average Bonchev–Trinajstić information content (AvgIpc) is 2.00. The first-order valence-corrected chi connectivity index (χ1v) is 3.67. The van der Waals surface area contributed by atoms with Crippen LogP contribution in [-0.2, 0) is 4.79 Å². The molecule has 0 aromatic heterocycles. The predicted molar refractivity (Wildman–Crippen MR) is 41.1 cm³/mol. The molecule has 3 atom stereocenters. The molecule has 11 heavy (non-hydrogen) atoms. The standard InChI is InChI=1S/C7H15NO3/c1-3-5(9)4(2)6(8)7(10)11/h4-6,9H,3,8H2,1-2H3,(H,10,11)/t4-,5+,6+/m0/s1. The van der Waals surface area contributed by atoms with E-state index < -0.39 is 24.0 Å². The van der Waals surface area contributed by atoms with Crippen LogP contribution in [0.1, 0.15) is 20.3 Å². The summed E-state index contributed by atoms with van der Waals surface area (Å²) in [5, 5.41) is 17.7. The van der Waals surface area contributed by atoms with Crippen molar-refractivity contribution in [3.63, 3.8) is 0 Å². The van der Waals surface area contributed by atoms with Gasteiger partial charge in [-0.05, 0) is 6.42 Å². The number of hydrogen-bond donors (Lipinski definition) is 3. The molecular weight excluding hydrogens is 146 g/mol. The molecule has 0 radical (unpaired) electrons. The minimum atomic E-state index is -1.06. The van der Waals surface area contributed by atoms with Crippen molar-refractivity contribution in [3.05, 3.63) is 0 Å². The van der Waals surface area contributed by atoms with Crippen molar-refractivity contribution in [1.82, 2.24) is 0 Å². The maximum Gasteiger partial charge on any atom is 0.320 e. The number of carbonyl (C=O) groups is 1. The zero-order valence-corrected chi connectivity index (χ0v) is 6.82. The third-order valence-electron chi connectivity index (χ3n) is 1.88. The number of aliphatic hydroxyl groups is 1. The Labute approximate surface area is 66.0 Å². The van der Waals surface area contributed by atoms with Crippen LogP contribution in [0.3, 0.4) is 0 Å². The largest absolute Gasteiger partial charge is 0.480 e. The lowest BCUT2D eigenvalue weighted by molar-refractivity contribution is -0.140. The Balaban J connectivity index is 4.00. The molecule has 0 aromatic carbocycles. The van der Waals surface area contributed by atoms with E-state index in [2.05, 4.69) is 0 Å². The number of hydrogen-bond acceptors (Lipinski definition) is 3. The quantitative estimate of drug-likeness (QED) is 0.533. The van der Waals surface area contributed by atoms with Gasteiger partial charge in [-0.1, -0.05) is 13.8 Å². The number of rotatable bonds is 4. The van der Waals surface area contributed by atoms with Gasteiger partial charge in [0.2, 0.25) is 0 Å². The first kappa shape index (κ1) is 10.4. The van der Waals surface area contributed by atoms with E-state index in [-0.39, 0.29) is 0 Å².